The lowest BCUT2D eigenvalue weighted by molar-refractivity contribution is 0.918. The van der Waals surface area contributed by atoms with Crippen LogP contribution in [0.25, 0.3) is 0 Å². The molecule has 0 rings (SSSR count). The lowest BCUT2D eigenvalue weighted by atomic mass is 10.1. The molecule has 0 heterocycles. The van der Waals surface area contributed by atoms with E-state index in [1.54, 1.807) is 0 Å². The molecule has 0 heteroatoms. The summed E-state index contributed by atoms with van der Waals surface area (Å²) >= 11 is 0. The van der Waals surface area contributed by atoms with Crippen molar-refractivity contribution in [3.63, 3.8) is 0 Å². The van der Waals surface area contributed by atoms with E-state index in [0.717, 1.165) is 32.1 Å². The zero-order valence-electron chi connectivity index (χ0n) is 27.5. The van der Waals surface area contributed by atoms with Crippen molar-refractivity contribution in [1.29, 1.82) is 0 Å². The number of rotatable bonds is 17. The largest absolute Gasteiger partial charge is 0.0856 e. The molecule has 0 unspecified atom stereocenters. The highest BCUT2D eigenvalue weighted by atomic mass is 14.0. The van der Waals surface area contributed by atoms with E-state index in [1.807, 2.05) is 0 Å². The van der Waals surface area contributed by atoms with Crippen LogP contribution < -0.4 is 0 Å². The van der Waals surface area contributed by atoms with Gasteiger partial charge in [-0.25, -0.2) is 0 Å². The highest BCUT2D eigenvalue weighted by Gasteiger charge is 1.91. The topological polar surface area (TPSA) is 0 Å². The molecule has 0 atom stereocenters. The van der Waals surface area contributed by atoms with Crippen LogP contribution >= 0.6 is 0 Å². The van der Waals surface area contributed by atoms with Gasteiger partial charge in [-0.3, -0.25) is 0 Å². The molecule has 40 heavy (non-hydrogen) atoms. The summed E-state index contributed by atoms with van der Waals surface area (Å²) in [6.07, 6.45) is 41.8. The minimum atomic E-state index is 1.11. The molecule has 0 aliphatic carbocycles. The Bertz CT molecular complexity index is 1100. The van der Waals surface area contributed by atoms with Crippen molar-refractivity contribution >= 4 is 0 Å². The Hall–Kier alpha value is -3.12. The average Bonchev–Trinajstić information content (AvgIpc) is 2.86. The van der Waals surface area contributed by atoms with Crippen molar-refractivity contribution in [3.05, 3.63) is 142 Å². The molecular weight excluding hydrogens is 480 g/mol. The third-order valence-corrected chi connectivity index (χ3v) is 6.24. The minimum absolute atomic E-state index is 1.11. The first kappa shape index (κ1) is 36.9. The molecule has 218 valence electrons. The van der Waals surface area contributed by atoms with Gasteiger partial charge in [0.05, 0.1) is 0 Å². The van der Waals surface area contributed by atoms with Crippen LogP contribution in [0.3, 0.4) is 0 Å². The summed E-state index contributed by atoms with van der Waals surface area (Å²) in [7, 11) is 0. The Balaban J connectivity index is 4.60. The molecule has 0 radical (unpaired) electrons. The third-order valence-electron chi connectivity index (χ3n) is 6.24. The van der Waals surface area contributed by atoms with Gasteiger partial charge in [0.1, 0.15) is 0 Å². The summed E-state index contributed by atoms with van der Waals surface area (Å²) in [4.78, 5) is 0. The van der Waals surface area contributed by atoms with Crippen LogP contribution in [0.5, 0.6) is 0 Å². The van der Waals surface area contributed by atoms with Gasteiger partial charge in [-0.2, -0.15) is 0 Å². The van der Waals surface area contributed by atoms with Crippen LogP contribution in [-0.4, -0.2) is 0 Å². The molecule has 0 aliphatic rings. The summed E-state index contributed by atoms with van der Waals surface area (Å²) in [5, 5.41) is 0. The predicted molar refractivity (Wildman–Crippen MR) is 186 cm³/mol. The Morgan fingerprint density at radius 2 is 0.675 bits per heavy atom. The first-order chi connectivity index (χ1) is 19.0. The zero-order valence-corrected chi connectivity index (χ0v) is 27.5. The molecule has 0 aromatic carbocycles. The highest BCUT2D eigenvalue weighted by Crippen LogP contribution is 2.12. The molecule has 0 saturated heterocycles. The normalized spacial score (nSPS) is 14.8. The third kappa shape index (κ3) is 25.2. The van der Waals surface area contributed by atoms with Gasteiger partial charge in [0, 0.05) is 0 Å². The van der Waals surface area contributed by atoms with Crippen molar-refractivity contribution in [1.82, 2.24) is 0 Å². The summed E-state index contributed by atoms with van der Waals surface area (Å²) in [5.74, 6) is 0. The summed E-state index contributed by atoms with van der Waals surface area (Å²) in [6.45, 7) is 21.7. The predicted octanol–water partition coefficient (Wildman–Crippen LogP) is 13.2. The fraction of sp³-hybridized carbons (Fsp3) is 0.400. The van der Waals surface area contributed by atoms with Gasteiger partial charge in [0.15, 0.2) is 0 Å². The molecule has 0 spiro atoms. The quantitative estimate of drug-likeness (QED) is 0.128. The molecule has 0 amide bonds. The van der Waals surface area contributed by atoms with E-state index in [2.05, 4.69) is 166 Å². The Morgan fingerprint density at radius 1 is 0.350 bits per heavy atom. The number of hydrogen-bond donors (Lipinski definition) is 0. The van der Waals surface area contributed by atoms with Gasteiger partial charge >= 0.3 is 0 Å². The molecular formula is C40H58. The van der Waals surface area contributed by atoms with Crippen molar-refractivity contribution < 1.29 is 0 Å². The molecule has 0 fully saturated rings. The van der Waals surface area contributed by atoms with E-state index in [9.17, 15) is 0 Å². The maximum Gasteiger partial charge on any atom is -0.0285 e. The van der Waals surface area contributed by atoms with Gasteiger partial charge < -0.3 is 0 Å². The van der Waals surface area contributed by atoms with Crippen LogP contribution in [0.4, 0.5) is 0 Å². The number of allylic oxidation sites excluding steroid dienone is 24. The first-order valence-corrected chi connectivity index (χ1v) is 15.0. The molecule has 0 aromatic rings. The zero-order chi connectivity index (χ0) is 30.2. The van der Waals surface area contributed by atoms with Crippen LogP contribution in [-0.2, 0) is 0 Å². The van der Waals surface area contributed by atoms with Crippen LogP contribution in [0.1, 0.15) is 108 Å². The maximum atomic E-state index is 2.39. The van der Waals surface area contributed by atoms with Gasteiger partial charge in [0.2, 0.25) is 0 Å². The maximum absolute atomic E-state index is 2.39. The van der Waals surface area contributed by atoms with E-state index in [-0.39, 0.29) is 0 Å². The molecule has 0 bridgehead atoms. The lowest BCUT2D eigenvalue weighted by Gasteiger charge is -2.00. The Labute approximate surface area is 249 Å². The second-order valence-corrected chi connectivity index (χ2v) is 11.4. The van der Waals surface area contributed by atoms with Crippen LogP contribution in [0, 0.1) is 0 Å². The smallest absolute Gasteiger partial charge is 0.0285 e. The fourth-order valence-corrected chi connectivity index (χ4v) is 3.65. The molecule has 0 nitrogen and oxygen atoms in total. The van der Waals surface area contributed by atoms with E-state index in [0.29, 0.717) is 0 Å². The standard InChI is InChI=1S/C40H58/c1-33(2)19-13-23-37(7)27-17-31-39(9)29-15-25-35(5)21-11-12-22-36(6)26-16-30-40(10)32-18-28-38(8)24-14-20-34(3)4/h11-12,15-17,19-22,25-31H,13-14,18,23-24,32H2,1-10H3/b12-11+,25-15+,26-16+,31-17+,35-21+,36-22+,37-27+,38-28+,39-29-,40-30+. The minimum Gasteiger partial charge on any atom is -0.0856 e. The molecule has 0 aliphatic heterocycles. The van der Waals surface area contributed by atoms with E-state index in [4.69, 9.17) is 0 Å². The summed E-state index contributed by atoms with van der Waals surface area (Å²) < 4.78 is 0. The van der Waals surface area contributed by atoms with E-state index in [1.165, 1.54) is 51.0 Å². The molecule has 0 N–H and O–H groups in total. The second-order valence-electron chi connectivity index (χ2n) is 11.4. The van der Waals surface area contributed by atoms with Crippen LogP contribution in [0.15, 0.2) is 142 Å². The highest BCUT2D eigenvalue weighted by molar-refractivity contribution is 5.31. The van der Waals surface area contributed by atoms with Crippen molar-refractivity contribution in [2.75, 3.05) is 0 Å². The Morgan fingerprint density at radius 3 is 1.07 bits per heavy atom. The van der Waals surface area contributed by atoms with Gasteiger partial charge in [-0.1, -0.05) is 142 Å². The molecule has 0 saturated carbocycles. The van der Waals surface area contributed by atoms with E-state index >= 15 is 0 Å². The van der Waals surface area contributed by atoms with Crippen molar-refractivity contribution in [2.24, 2.45) is 0 Å². The summed E-state index contributed by atoms with van der Waals surface area (Å²) in [5.41, 5.74) is 10.8. The van der Waals surface area contributed by atoms with Crippen molar-refractivity contribution in [2.45, 2.75) is 108 Å². The SMILES string of the molecule is CC(C)=CCC/C(C)=C/C=C/C(C)=C\C=C\C(C)=C\C=C\C=C(C)\C=C\C=C(/C)CC/C=C(\C)CCC=C(C)C. The average molecular weight is 539 g/mol. The van der Waals surface area contributed by atoms with Crippen LogP contribution in [0.2, 0.25) is 0 Å². The monoisotopic (exact) mass is 538 g/mol. The van der Waals surface area contributed by atoms with Gasteiger partial charge in [-0.05, 0) is 108 Å². The number of hydrogen-bond acceptors (Lipinski definition) is 0. The van der Waals surface area contributed by atoms with E-state index < -0.39 is 0 Å². The van der Waals surface area contributed by atoms with Gasteiger partial charge in [0.25, 0.3) is 0 Å². The Kier molecular flexibility index (Phi) is 21.9. The lowest BCUT2D eigenvalue weighted by Crippen LogP contribution is -1.80. The fourth-order valence-electron chi connectivity index (χ4n) is 3.65. The van der Waals surface area contributed by atoms with Gasteiger partial charge in [-0.15, -0.1) is 0 Å². The second kappa shape index (κ2) is 23.7. The molecule has 0 aromatic heterocycles. The first-order valence-electron chi connectivity index (χ1n) is 15.0. The summed E-state index contributed by atoms with van der Waals surface area (Å²) in [6, 6.07) is 0. The van der Waals surface area contributed by atoms with Crippen molar-refractivity contribution in [3.8, 4) is 0 Å².